The number of ether oxygens (including phenoxy) is 7. The number of aliphatic hydroxyl groups is 3. The number of pyridine rings is 1. The Morgan fingerprint density at radius 1 is 1.02 bits per heavy atom. The summed E-state index contributed by atoms with van der Waals surface area (Å²) in [5.41, 5.74) is 0.947. The fourth-order valence-electron chi connectivity index (χ4n) is 9.75. The summed E-state index contributed by atoms with van der Waals surface area (Å²) in [6.07, 6.45) is -1.81. The van der Waals surface area contributed by atoms with Crippen LogP contribution in [0.25, 0.3) is 17.0 Å². The second-order valence-corrected chi connectivity index (χ2v) is 19.3. The summed E-state index contributed by atoms with van der Waals surface area (Å²) in [4.78, 5) is 47.0. The van der Waals surface area contributed by atoms with E-state index in [1.165, 1.54) is 7.11 Å². The maximum atomic E-state index is 13.7. The number of para-hydroxylation sites is 1. The average molecular weight is 928 g/mol. The van der Waals surface area contributed by atoms with Crippen molar-refractivity contribution in [1.29, 1.82) is 0 Å². The Labute approximate surface area is 391 Å². The van der Waals surface area contributed by atoms with E-state index in [0.29, 0.717) is 32.4 Å². The van der Waals surface area contributed by atoms with Gasteiger partial charge in [0.15, 0.2) is 12.6 Å². The fraction of sp³-hybridized carbons (Fsp3) is 0.720. The molecule has 16 atom stereocenters. The molecule has 0 bridgehead atoms. The Morgan fingerprint density at radius 3 is 2.45 bits per heavy atom. The van der Waals surface area contributed by atoms with Gasteiger partial charge < -0.3 is 63.1 Å². The van der Waals surface area contributed by atoms with Gasteiger partial charge in [0.25, 0.3) is 0 Å². The molecule has 0 aliphatic carbocycles. The van der Waals surface area contributed by atoms with Crippen molar-refractivity contribution in [3.8, 4) is 0 Å². The van der Waals surface area contributed by atoms with Gasteiger partial charge in [-0.25, -0.2) is 0 Å². The lowest BCUT2D eigenvalue weighted by Gasteiger charge is -2.51. The zero-order valence-electron chi connectivity index (χ0n) is 40.7. The third-order valence-corrected chi connectivity index (χ3v) is 13.9. The molecule has 3 aliphatic rings. The summed E-state index contributed by atoms with van der Waals surface area (Å²) in [5, 5.41) is 36.6. The van der Waals surface area contributed by atoms with Gasteiger partial charge in [0.1, 0.15) is 36.3 Å². The number of benzene rings is 1. The van der Waals surface area contributed by atoms with Gasteiger partial charge >= 0.3 is 11.9 Å². The molecule has 0 amide bonds. The third-order valence-electron chi connectivity index (χ3n) is 13.9. The lowest BCUT2D eigenvalue weighted by Crippen LogP contribution is -2.65. The van der Waals surface area contributed by atoms with Gasteiger partial charge in [-0.1, -0.05) is 51.1 Å². The van der Waals surface area contributed by atoms with Crippen LogP contribution >= 0.6 is 0 Å². The molecule has 0 radical (unpaired) electrons. The molecule has 0 spiro atoms. The highest BCUT2D eigenvalue weighted by molar-refractivity contribution is 5.80. The van der Waals surface area contributed by atoms with Crippen molar-refractivity contribution in [2.45, 2.75) is 172 Å². The largest absolute Gasteiger partial charge is 0.462 e. The number of hydrogen-bond donors (Lipinski definition) is 3. The van der Waals surface area contributed by atoms with Crippen LogP contribution in [0.2, 0.25) is 0 Å². The van der Waals surface area contributed by atoms with E-state index in [0.717, 1.165) is 22.8 Å². The standard InChI is InChI=1S/C50H77N3O13/c1-11-41(57)66-50(6)27-43(61-32(4)31(50)3)64-46-33(5)62-49(45(59)44(46)52(7)8)65-47-36(21-23-54)24-30(2)40(56)29-53(9)22-15-19-37(63-42(58)26-39(55)48(47)60-10)18-14-16-34-25-35-17-12-13-20-38(35)51-28-34/h12-14,16-17,20,23,25,28,30-33,36-37,39-40,43-49,55-56,59H,11,15,18-19,21-22,24,26-27,29H2,1-10H3/b16-14+/t30-,31+,32?,33?,36+,37+,39-,40+,43+,44?,45?,46-,47+,48+,49+,50?/m1/s1. The molecule has 3 fully saturated rings. The minimum absolute atomic E-state index is 0.0338. The van der Waals surface area contributed by atoms with E-state index in [1.807, 2.05) is 87.0 Å². The molecule has 1 aromatic carbocycles. The Morgan fingerprint density at radius 2 is 1.76 bits per heavy atom. The molecule has 3 N–H and O–H groups in total. The molecule has 5 rings (SSSR count). The van der Waals surface area contributed by atoms with Gasteiger partial charge in [-0.15, -0.1) is 0 Å². The maximum Gasteiger partial charge on any atom is 0.308 e. The first-order valence-electron chi connectivity index (χ1n) is 23.8. The number of cyclic esters (lactones) is 1. The fourth-order valence-corrected chi connectivity index (χ4v) is 9.75. The van der Waals surface area contributed by atoms with E-state index < -0.39 is 91.4 Å². The van der Waals surface area contributed by atoms with Gasteiger partial charge in [-0.05, 0) is 97.3 Å². The van der Waals surface area contributed by atoms with Gasteiger partial charge in [0.2, 0.25) is 0 Å². The number of fused-ring (bicyclic) bond motifs is 1. The number of β-amino-alcohol motifs (C(OH)–C–C–N with tert-alkyl or cyclic N) is 1. The SMILES string of the molecule is CCC(=O)OC1(C)C[C@H](O[C@@H]2C(C)O[C@@H](O[C@H]3[C@@H](CC=O)C[C@@H](C)[C@@H](O)CN(C)CCC[C@H](C/C=C/c4cnc5ccccc5c4)OC(=O)C[C@@H](O)[C@@H]3OC)C(O)C2N(C)C)OC(C)[C@@H]1C. The molecular weight excluding hydrogens is 851 g/mol. The van der Waals surface area contributed by atoms with Crippen LogP contribution in [-0.4, -0.2) is 169 Å². The summed E-state index contributed by atoms with van der Waals surface area (Å²) in [6, 6.07) is 9.20. The summed E-state index contributed by atoms with van der Waals surface area (Å²) in [5.74, 6) is -2.04. The Balaban J connectivity index is 1.38. The van der Waals surface area contributed by atoms with Crippen molar-refractivity contribution in [1.82, 2.24) is 14.8 Å². The second-order valence-electron chi connectivity index (χ2n) is 19.3. The molecular formula is C50H77N3O13. The number of rotatable bonds is 13. The number of likely N-dealkylation sites (N-methyl/N-ethyl adjacent to an activating group) is 2. The van der Waals surface area contributed by atoms with Crippen LogP contribution in [0.5, 0.6) is 0 Å². The van der Waals surface area contributed by atoms with Crippen LogP contribution in [0.15, 0.2) is 42.6 Å². The van der Waals surface area contributed by atoms with Crippen molar-refractivity contribution in [3.05, 3.63) is 48.2 Å². The quantitative estimate of drug-likeness (QED) is 0.181. The second kappa shape index (κ2) is 24.7. The minimum atomic E-state index is -1.45. The van der Waals surface area contributed by atoms with Crippen molar-refractivity contribution in [2.24, 2.45) is 17.8 Å². The van der Waals surface area contributed by atoms with Crippen LogP contribution in [0.1, 0.15) is 98.5 Å². The Hall–Kier alpha value is -3.42. The van der Waals surface area contributed by atoms with Gasteiger partial charge in [0, 0.05) is 56.8 Å². The topological polar surface area (TPSA) is 196 Å². The molecule has 16 heteroatoms. The highest BCUT2D eigenvalue weighted by atomic mass is 16.7. The summed E-state index contributed by atoms with van der Waals surface area (Å²) >= 11 is 0. The first kappa shape index (κ1) is 53.5. The molecule has 4 heterocycles. The zero-order chi connectivity index (χ0) is 48.3. The number of nitrogens with zero attached hydrogens (tertiary/aromatic N) is 3. The third kappa shape index (κ3) is 14.1. The van der Waals surface area contributed by atoms with E-state index >= 15 is 0 Å². The lowest BCUT2D eigenvalue weighted by molar-refractivity contribution is -0.341. The van der Waals surface area contributed by atoms with Gasteiger partial charge in [-0.3, -0.25) is 14.6 Å². The Kier molecular flexibility index (Phi) is 20.1. The van der Waals surface area contributed by atoms with E-state index in [2.05, 4.69) is 4.98 Å². The number of carbonyl (C=O) groups excluding carboxylic acids is 3. The number of aliphatic hydroxyl groups excluding tert-OH is 3. The van der Waals surface area contributed by atoms with Crippen molar-refractivity contribution in [3.63, 3.8) is 0 Å². The predicted octanol–water partition coefficient (Wildman–Crippen LogP) is 4.92. The summed E-state index contributed by atoms with van der Waals surface area (Å²) < 4.78 is 44.1. The first-order chi connectivity index (χ1) is 31.4. The highest BCUT2D eigenvalue weighted by Crippen LogP contribution is 2.40. The van der Waals surface area contributed by atoms with E-state index in [9.17, 15) is 29.7 Å². The van der Waals surface area contributed by atoms with Crippen LogP contribution in [0.4, 0.5) is 0 Å². The zero-order valence-corrected chi connectivity index (χ0v) is 40.7. The molecule has 3 saturated heterocycles. The maximum absolute atomic E-state index is 13.7. The highest BCUT2D eigenvalue weighted by Gasteiger charge is 2.52. The van der Waals surface area contributed by atoms with Crippen LogP contribution in [-0.2, 0) is 47.5 Å². The smallest absolute Gasteiger partial charge is 0.308 e. The number of aromatic nitrogens is 1. The first-order valence-corrected chi connectivity index (χ1v) is 23.8. The van der Waals surface area contributed by atoms with E-state index in [-0.39, 0.29) is 49.6 Å². The number of carbonyl (C=O) groups is 3. The minimum Gasteiger partial charge on any atom is -0.462 e. The molecule has 3 aliphatic heterocycles. The number of methoxy groups -OCH3 is 1. The van der Waals surface area contributed by atoms with Crippen LogP contribution < -0.4 is 0 Å². The van der Waals surface area contributed by atoms with Crippen LogP contribution in [0, 0.1) is 17.8 Å². The molecule has 66 heavy (non-hydrogen) atoms. The van der Waals surface area contributed by atoms with Gasteiger partial charge in [-0.2, -0.15) is 0 Å². The monoisotopic (exact) mass is 928 g/mol. The predicted molar refractivity (Wildman–Crippen MR) is 248 cm³/mol. The molecule has 2 aromatic rings. The summed E-state index contributed by atoms with van der Waals surface area (Å²) in [6.45, 7) is 12.2. The van der Waals surface area contributed by atoms with Crippen LogP contribution in [0.3, 0.4) is 0 Å². The molecule has 16 nitrogen and oxygen atoms in total. The normalized spacial score (nSPS) is 37.2. The Bertz CT molecular complexity index is 1890. The number of esters is 2. The molecule has 1 aromatic heterocycles. The summed E-state index contributed by atoms with van der Waals surface area (Å²) in [7, 11) is 6.93. The van der Waals surface area contributed by atoms with Crippen molar-refractivity contribution >= 4 is 35.2 Å². The van der Waals surface area contributed by atoms with E-state index in [4.69, 9.17) is 33.2 Å². The lowest BCUT2D eigenvalue weighted by atomic mass is 9.81. The van der Waals surface area contributed by atoms with Crippen molar-refractivity contribution < 1.29 is 62.9 Å². The van der Waals surface area contributed by atoms with Gasteiger partial charge in [0.05, 0.1) is 48.5 Å². The molecule has 5 unspecified atom stereocenters. The number of aldehydes is 1. The number of hydrogen-bond acceptors (Lipinski definition) is 16. The average Bonchev–Trinajstić information content (AvgIpc) is 3.26. The van der Waals surface area contributed by atoms with E-state index in [1.54, 1.807) is 34.1 Å². The molecule has 0 saturated carbocycles. The molecule has 370 valence electrons. The van der Waals surface area contributed by atoms with Crippen molar-refractivity contribution in [2.75, 3.05) is 41.3 Å².